The number of hydrogen-bond acceptors (Lipinski definition) is 6. The molecule has 31 heavy (non-hydrogen) atoms. The number of carbonyl (C=O) groups excluding carboxylic acids is 1. The third kappa shape index (κ3) is 4.21. The zero-order valence-electron chi connectivity index (χ0n) is 16.4. The van der Waals surface area contributed by atoms with Gasteiger partial charge in [-0.2, -0.15) is 18.3 Å². The van der Waals surface area contributed by atoms with Gasteiger partial charge in [-0.15, -0.1) is 0 Å². The summed E-state index contributed by atoms with van der Waals surface area (Å²) in [5.74, 6) is -0.639. The highest BCUT2D eigenvalue weighted by Gasteiger charge is 2.32. The first kappa shape index (κ1) is 21.1. The fraction of sp³-hybridized carbons (Fsp3) is 0.333. The Morgan fingerprint density at radius 3 is 2.45 bits per heavy atom. The molecule has 1 aromatic carbocycles. The van der Waals surface area contributed by atoms with Crippen molar-refractivity contribution in [1.29, 1.82) is 0 Å². The van der Waals surface area contributed by atoms with Crippen LogP contribution in [-0.4, -0.2) is 50.5 Å². The first-order valence-corrected chi connectivity index (χ1v) is 9.82. The fourth-order valence-electron chi connectivity index (χ4n) is 3.87. The minimum Gasteiger partial charge on any atom is -0.386 e. The van der Waals surface area contributed by atoms with Crippen LogP contribution in [0.4, 0.5) is 13.2 Å². The minimum atomic E-state index is -4.46. The molecule has 3 heterocycles. The molecular weight excluding hydrogens is 411 g/mol. The van der Waals surface area contributed by atoms with Crippen molar-refractivity contribution in [1.82, 2.24) is 25.1 Å². The standard InChI is InChI=1S/C21H20F3N5O2/c22-21(23,24)15-3-1-13(2-4-15)19-18(16-7-10-26-12-27-16)20(14-5-8-25-9-6-14)29(28-19)17(31)11-30/h1-4,7,10,12,14,25,30H,5-6,8-9,11H2. The Balaban J connectivity index is 1.94. The van der Waals surface area contributed by atoms with Crippen LogP contribution >= 0.6 is 0 Å². The molecule has 0 saturated carbocycles. The second-order valence-electron chi connectivity index (χ2n) is 7.27. The molecule has 2 aromatic heterocycles. The van der Waals surface area contributed by atoms with Gasteiger partial charge in [-0.3, -0.25) is 4.79 Å². The molecule has 0 aliphatic carbocycles. The van der Waals surface area contributed by atoms with Gasteiger partial charge in [-0.05, 0) is 44.1 Å². The highest BCUT2D eigenvalue weighted by atomic mass is 19.4. The van der Waals surface area contributed by atoms with E-state index in [0.717, 1.165) is 38.1 Å². The lowest BCUT2D eigenvalue weighted by atomic mass is 9.89. The summed E-state index contributed by atoms with van der Waals surface area (Å²) in [5, 5.41) is 17.2. The van der Waals surface area contributed by atoms with Crippen molar-refractivity contribution >= 4 is 5.91 Å². The quantitative estimate of drug-likeness (QED) is 0.660. The topological polar surface area (TPSA) is 92.9 Å². The van der Waals surface area contributed by atoms with E-state index in [-0.39, 0.29) is 5.92 Å². The van der Waals surface area contributed by atoms with Crippen molar-refractivity contribution in [2.75, 3.05) is 19.7 Å². The molecular formula is C21H20F3N5O2. The number of carbonyl (C=O) groups is 1. The molecule has 7 nitrogen and oxygen atoms in total. The van der Waals surface area contributed by atoms with E-state index >= 15 is 0 Å². The normalized spacial score (nSPS) is 15.2. The molecule has 3 aromatic rings. The smallest absolute Gasteiger partial charge is 0.386 e. The Hall–Kier alpha value is -3.11. The predicted octanol–water partition coefficient (Wildman–Crippen LogP) is 3.13. The minimum absolute atomic E-state index is 0.0302. The van der Waals surface area contributed by atoms with Gasteiger partial charge in [-0.1, -0.05) is 12.1 Å². The van der Waals surface area contributed by atoms with E-state index in [2.05, 4.69) is 20.4 Å². The first-order chi connectivity index (χ1) is 14.9. The van der Waals surface area contributed by atoms with Crippen LogP contribution in [0.3, 0.4) is 0 Å². The average Bonchev–Trinajstić information content (AvgIpc) is 3.20. The van der Waals surface area contributed by atoms with Crippen LogP contribution in [0.5, 0.6) is 0 Å². The summed E-state index contributed by atoms with van der Waals surface area (Å²) in [4.78, 5) is 20.8. The van der Waals surface area contributed by atoms with E-state index in [1.807, 2.05) is 0 Å². The number of hydrogen-bond donors (Lipinski definition) is 2. The zero-order valence-corrected chi connectivity index (χ0v) is 16.4. The lowest BCUT2D eigenvalue weighted by molar-refractivity contribution is -0.137. The molecule has 0 radical (unpaired) electrons. The van der Waals surface area contributed by atoms with Crippen LogP contribution in [0, 0.1) is 0 Å². The van der Waals surface area contributed by atoms with Crippen molar-refractivity contribution in [3.05, 3.63) is 54.1 Å². The van der Waals surface area contributed by atoms with Crippen LogP contribution < -0.4 is 5.32 Å². The van der Waals surface area contributed by atoms with Gasteiger partial charge in [0.2, 0.25) is 0 Å². The lowest BCUT2D eigenvalue weighted by Gasteiger charge is -2.24. The number of nitrogens with zero attached hydrogens (tertiary/aromatic N) is 4. The molecule has 0 atom stereocenters. The Morgan fingerprint density at radius 2 is 1.87 bits per heavy atom. The van der Waals surface area contributed by atoms with Crippen molar-refractivity contribution in [2.45, 2.75) is 24.9 Å². The summed E-state index contributed by atoms with van der Waals surface area (Å²) in [7, 11) is 0. The Bertz CT molecular complexity index is 1060. The van der Waals surface area contributed by atoms with E-state index in [0.29, 0.717) is 28.2 Å². The monoisotopic (exact) mass is 431 g/mol. The predicted molar refractivity (Wildman–Crippen MR) is 106 cm³/mol. The molecule has 1 aliphatic heterocycles. The summed E-state index contributed by atoms with van der Waals surface area (Å²) in [6.45, 7) is 0.763. The average molecular weight is 431 g/mol. The van der Waals surface area contributed by atoms with Gasteiger partial charge < -0.3 is 10.4 Å². The van der Waals surface area contributed by atoms with E-state index < -0.39 is 24.3 Å². The number of aliphatic hydroxyl groups is 1. The maximum absolute atomic E-state index is 13.0. The van der Waals surface area contributed by atoms with Crippen LogP contribution in [0.1, 0.15) is 34.8 Å². The fourth-order valence-corrected chi connectivity index (χ4v) is 3.87. The number of piperidine rings is 1. The van der Waals surface area contributed by atoms with Crippen molar-refractivity contribution in [3.8, 4) is 22.5 Å². The molecule has 2 N–H and O–H groups in total. The maximum Gasteiger partial charge on any atom is 0.416 e. The molecule has 0 amide bonds. The van der Waals surface area contributed by atoms with Crippen molar-refractivity contribution in [2.24, 2.45) is 0 Å². The number of alkyl halides is 3. The van der Waals surface area contributed by atoms with E-state index in [1.54, 1.807) is 12.3 Å². The highest BCUT2D eigenvalue weighted by molar-refractivity contribution is 5.88. The maximum atomic E-state index is 13.0. The molecule has 1 aliphatic rings. The third-order valence-corrected chi connectivity index (χ3v) is 5.34. The van der Waals surface area contributed by atoms with Gasteiger partial charge in [-0.25, -0.2) is 14.6 Å². The molecule has 162 valence electrons. The summed E-state index contributed by atoms with van der Waals surface area (Å²) in [6.07, 6.45) is -0.0517. The van der Waals surface area contributed by atoms with Gasteiger partial charge in [0.15, 0.2) is 0 Å². The number of aromatic nitrogens is 4. The largest absolute Gasteiger partial charge is 0.416 e. The molecule has 10 heteroatoms. The second-order valence-corrected chi connectivity index (χ2v) is 7.27. The van der Waals surface area contributed by atoms with Crippen molar-refractivity contribution in [3.63, 3.8) is 0 Å². The van der Waals surface area contributed by atoms with E-state index in [4.69, 9.17) is 0 Å². The van der Waals surface area contributed by atoms with Crippen molar-refractivity contribution < 1.29 is 23.1 Å². The Morgan fingerprint density at radius 1 is 1.16 bits per heavy atom. The Labute approximate surface area is 176 Å². The van der Waals surface area contributed by atoms with Gasteiger partial charge in [0.25, 0.3) is 5.91 Å². The van der Waals surface area contributed by atoms with Gasteiger partial charge in [0.05, 0.1) is 22.5 Å². The van der Waals surface area contributed by atoms with Crippen LogP contribution in [0.2, 0.25) is 0 Å². The van der Waals surface area contributed by atoms with E-state index in [1.165, 1.54) is 23.1 Å². The molecule has 0 unspecified atom stereocenters. The molecule has 0 bridgehead atoms. The lowest BCUT2D eigenvalue weighted by Crippen LogP contribution is -2.29. The molecule has 1 fully saturated rings. The first-order valence-electron chi connectivity index (χ1n) is 9.82. The highest BCUT2D eigenvalue weighted by Crippen LogP contribution is 2.40. The molecule has 0 spiro atoms. The number of aliphatic hydroxyl groups excluding tert-OH is 1. The molecule has 4 rings (SSSR count). The van der Waals surface area contributed by atoms with Gasteiger partial charge in [0.1, 0.15) is 18.6 Å². The summed E-state index contributed by atoms with van der Waals surface area (Å²) >= 11 is 0. The summed E-state index contributed by atoms with van der Waals surface area (Å²) in [5.41, 5.74) is 1.66. The SMILES string of the molecule is O=C(CO)n1nc(-c2ccc(C(F)(F)F)cc2)c(-c2ccncn2)c1C1CCNCC1. The van der Waals surface area contributed by atoms with Crippen LogP contribution in [0.25, 0.3) is 22.5 Å². The van der Waals surface area contributed by atoms with Crippen LogP contribution in [0.15, 0.2) is 42.9 Å². The third-order valence-electron chi connectivity index (χ3n) is 5.34. The zero-order chi connectivity index (χ0) is 22.0. The molecule has 1 saturated heterocycles. The van der Waals surface area contributed by atoms with Gasteiger partial charge in [0, 0.05) is 17.7 Å². The number of halogens is 3. The van der Waals surface area contributed by atoms with Crippen LogP contribution in [-0.2, 0) is 6.18 Å². The number of rotatable bonds is 4. The Kier molecular flexibility index (Phi) is 5.84. The summed E-state index contributed by atoms with van der Waals surface area (Å²) in [6, 6.07) is 6.29. The van der Waals surface area contributed by atoms with E-state index in [9.17, 15) is 23.1 Å². The summed E-state index contributed by atoms with van der Waals surface area (Å²) < 4.78 is 40.2. The number of benzene rings is 1. The number of nitrogens with one attached hydrogen (secondary N) is 1. The van der Waals surface area contributed by atoms with Gasteiger partial charge >= 0.3 is 6.18 Å². The second kappa shape index (κ2) is 8.56.